The fourth-order valence-electron chi connectivity index (χ4n) is 4.43. The molecule has 2 heterocycles. The van der Waals surface area contributed by atoms with Crippen molar-refractivity contribution in [1.82, 2.24) is 20.4 Å². The van der Waals surface area contributed by atoms with Gasteiger partial charge in [-0.2, -0.15) is 0 Å². The Morgan fingerprint density at radius 3 is 2.45 bits per heavy atom. The van der Waals surface area contributed by atoms with Gasteiger partial charge in [0.1, 0.15) is 5.75 Å². The molecule has 1 aromatic rings. The number of hydrogen-bond acceptors (Lipinski definition) is 5. The maximum atomic E-state index is 5.66. The lowest BCUT2D eigenvalue weighted by Gasteiger charge is -2.41. The van der Waals surface area contributed by atoms with Crippen LogP contribution in [0.4, 0.5) is 0 Å². The Morgan fingerprint density at radius 2 is 1.81 bits per heavy atom. The Kier molecular flexibility index (Phi) is 10.8. The van der Waals surface area contributed by atoms with Crippen LogP contribution < -0.4 is 15.4 Å². The first kappa shape index (κ1) is 26.2. The van der Waals surface area contributed by atoms with Crippen LogP contribution in [-0.4, -0.2) is 87.9 Å². The molecule has 2 aliphatic heterocycles. The lowest BCUT2D eigenvalue weighted by molar-refractivity contribution is -0.00834. The summed E-state index contributed by atoms with van der Waals surface area (Å²) in [7, 11) is 3.59. The number of morpholine rings is 1. The van der Waals surface area contributed by atoms with Gasteiger partial charge in [0.15, 0.2) is 5.96 Å². The zero-order valence-corrected chi connectivity index (χ0v) is 21.9. The summed E-state index contributed by atoms with van der Waals surface area (Å²) in [5, 5.41) is 7.11. The standard InChI is InChI=1S/C23H39N5O2.HI/c1-23(2,28-13-15-30-16-14-28)18-26-22(24-3)25-17-20(27-11-7-8-12-27)19-9-5-6-10-21(19)29-4;/h5-6,9-10,20H,7-8,11-18H2,1-4H3,(H2,24,25,26);1H. The molecule has 0 amide bonds. The average Bonchev–Trinajstić information content (AvgIpc) is 3.31. The van der Waals surface area contributed by atoms with Crippen LogP contribution in [0, 0.1) is 0 Å². The highest BCUT2D eigenvalue weighted by molar-refractivity contribution is 14.0. The van der Waals surface area contributed by atoms with E-state index in [4.69, 9.17) is 9.47 Å². The van der Waals surface area contributed by atoms with Gasteiger partial charge in [-0.05, 0) is 45.8 Å². The summed E-state index contributed by atoms with van der Waals surface area (Å²) in [6, 6.07) is 8.62. The number of rotatable bonds is 8. The second-order valence-corrected chi connectivity index (χ2v) is 8.72. The van der Waals surface area contributed by atoms with Crippen LogP contribution in [0.3, 0.4) is 0 Å². The van der Waals surface area contributed by atoms with Gasteiger partial charge in [-0.3, -0.25) is 14.8 Å². The summed E-state index contributed by atoms with van der Waals surface area (Å²) >= 11 is 0. The third-order valence-electron chi connectivity index (χ3n) is 6.32. The molecule has 3 rings (SSSR count). The minimum Gasteiger partial charge on any atom is -0.496 e. The number of guanidine groups is 1. The molecule has 0 spiro atoms. The topological polar surface area (TPSA) is 61.4 Å². The van der Waals surface area contributed by atoms with Crippen molar-refractivity contribution in [3.63, 3.8) is 0 Å². The predicted octanol–water partition coefficient (Wildman–Crippen LogP) is 2.73. The number of ether oxygens (including phenoxy) is 2. The predicted molar refractivity (Wildman–Crippen MR) is 138 cm³/mol. The first-order valence-electron chi connectivity index (χ1n) is 11.2. The Hall–Kier alpha value is -1.10. The normalized spacial score (nSPS) is 19.5. The molecule has 2 N–H and O–H groups in total. The zero-order valence-electron chi connectivity index (χ0n) is 19.5. The van der Waals surface area contributed by atoms with Crippen molar-refractivity contribution in [2.45, 2.75) is 38.3 Å². The number of nitrogens with zero attached hydrogens (tertiary/aromatic N) is 3. The number of aliphatic imine (C=N–C) groups is 1. The van der Waals surface area contributed by atoms with Crippen molar-refractivity contribution in [2.75, 3.05) is 66.6 Å². The second-order valence-electron chi connectivity index (χ2n) is 8.72. The van der Waals surface area contributed by atoms with E-state index in [1.807, 2.05) is 13.1 Å². The Morgan fingerprint density at radius 1 is 1.13 bits per heavy atom. The number of halogens is 1. The fraction of sp³-hybridized carbons (Fsp3) is 0.696. The van der Waals surface area contributed by atoms with E-state index in [2.05, 4.69) is 57.5 Å². The first-order chi connectivity index (χ1) is 14.5. The van der Waals surface area contributed by atoms with E-state index in [9.17, 15) is 0 Å². The molecule has 8 heteroatoms. The van der Waals surface area contributed by atoms with Gasteiger partial charge in [-0.15, -0.1) is 24.0 Å². The SMILES string of the molecule is CN=C(NCC(c1ccccc1OC)N1CCCC1)NCC(C)(C)N1CCOCC1.I. The molecule has 2 fully saturated rings. The van der Waals surface area contributed by atoms with E-state index in [0.29, 0.717) is 0 Å². The third-order valence-corrected chi connectivity index (χ3v) is 6.32. The lowest BCUT2D eigenvalue weighted by Crippen LogP contribution is -2.56. The molecule has 0 aromatic heterocycles. The zero-order chi connectivity index (χ0) is 21.4. The molecular weight excluding hydrogens is 505 g/mol. The van der Waals surface area contributed by atoms with Crippen LogP contribution >= 0.6 is 24.0 Å². The van der Waals surface area contributed by atoms with Gasteiger partial charge < -0.3 is 20.1 Å². The average molecular weight is 546 g/mol. The molecule has 1 unspecified atom stereocenters. The minimum absolute atomic E-state index is 0. The van der Waals surface area contributed by atoms with Crippen LogP contribution in [0.2, 0.25) is 0 Å². The Bertz CT molecular complexity index is 688. The maximum Gasteiger partial charge on any atom is 0.191 e. The number of para-hydroxylation sites is 1. The molecule has 2 aliphatic rings. The summed E-state index contributed by atoms with van der Waals surface area (Å²) < 4.78 is 11.2. The lowest BCUT2D eigenvalue weighted by atomic mass is 10.0. The molecule has 0 bridgehead atoms. The summed E-state index contributed by atoms with van der Waals surface area (Å²) in [6.07, 6.45) is 2.51. The van der Waals surface area contributed by atoms with E-state index in [0.717, 1.165) is 64.2 Å². The van der Waals surface area contributed by atoms with Crippen LogP contribution in [-0.2, 0) is 4.74 Å². The Balaban J connectivity index is 0.00000341. The van der Waals surface area contributed by atoms with Gasteiger partial charge in [0.05, 0.1) is 26.4 Å². The molecular formula is C23H40IN5O2. The first-order valence-corrected chi connectivity index (χ1v) is 11.2. The van der Waals surface area contributed by atoms with Crippen molar-refractivity contribution in [2.24, 2.45) is 4.99 Å². The molecule has 1 atom stereocenters. The number of benzene rings is 1. The van der Waals surface area contributed by atoms with E-state index in [-0.39, 0.29) is 35.6 Å². The monoisotopic (exact) mass is 545 g/mol. The number of hydrogen-bond donors (Lipinski definition) is 2. The van der Waals surface area contributed by atoms with Crippen LogP contribution in [0.25, 0.3) is 0 Å². The third kappa shape index (κ3) is 7.20. The molecule has 2 saturated heterocycles. The van der Waals surface area contributed by atoms with Gasteiger partial charge in [0, 0.05) is 44.3 Å². The highest BCUT2D eigenvalue weighted by atomic mass is 127. The van der Waals surface area contributed by atoms with Crippen LogP contribution in [0.15, 0.2) is 29.3 Å². The van der Waals surface area contributed by atoms with Crippen molar-refractivity contribution in [3.05, 3.63) is 29.8 Å². The van der Waals surface area contributed by atoms with Gasteiger partial charge in [-0.25, -0.2) is 0 Å². The van der Waals surface area contributed by atoms with E-state index >= 15 is 0 Å². The van der Waals surface area contributed by atoms with Gasteiger partial charge in [0.25, 0.3) is 0 Å². The molecule has 0 radical (unpaired) electrons. The summed E-state index contributed by atoms with van der Waals surface area (Å²) in [5.41, 5.74) is 1.27. The molecule has 0 aliphatic carbocycles. The summed E-state index contributed by atoms with van der Waals surface area (Å²) in [6.45, 7) is 12.0. The highest BCUT2D eigenvalue weighted by Crippen LogP contribution is 2.31. The van der Waals surface area contributed by atoms with E-state index < -0.39 is 0 Å². The second kappa shape index (κ2) is 12.8. The van der Waals surface area contributed by atoms with Crippen LogP contribution in [0.5, 0.6) is 5.75 Å². The van der Waals surface area contributed by atoms with Crippen LogP contribution in [0.1, 0.15) is 38.3 Å². The fourth-order valence-corrected chi connectivity index (χ4v) is 4.43. The summed E-state index contributed by atoms with van der Waals surface area (Å²) in [4.78, 5) is 9.51. The summed E-state index contributed by atoms with van der Waals surface area (Å²) in [5.74, 6) is 1.79. The van der Waals surface area contributed by atoms with Crippen molar-refractivity contribution < 1.29 is 9.47 Å². The number of likely N-dealkylation sites (tertiary alicyclic amines) is 1. The number of methoxy groups -OCH3 is 1. The van der Waals surface area contributed by atoms with E-state index in [1.54, 1.807) is 7.11 Å². The van der Waals surface area contributed by atoms with E-state index in [1.165, 1.54) is 18.4 Å². The molecule has 31 heavy (non-hydrogen) atoms. The number of nitrogens with one attached hydrogen (secondary N) is 2. The molecule has 0 saturated carbocycles. The smallest absolute Gasteiger partial charge is 0.191 e. The molecule has 1 aromatic carbocycles. The van der Waals surface area contributed by atoms with Gasteiger partial charge >= 0.3 is 0 Å². The van der Waals surface area contributed by atoms with Crippen molar-refractivity contribution in [3.8, 4) is 5.75 Å². The minimum atomic E-state index is 0. The van der Waals surface area contributed by atoms with Crippen molar-refractivity contribution >= 4 is 29.9 Å². The highest BCUT2D eigenvalue weighted by Gasteiger charge is 2.29. The van der Waals surface area contributed by atoms with Gasteiger partial charge in [-0.1, -0.05) is 18.2 Å². The molecule has 176 valence electrons. The van der Waals surface area contributed by atoms with Gasteiger partial charge in [0.2, 0.25) is 0 Å². The Labute approximate surface area is 205 Å². The maximum absolute atomic E-state index is 5.66. The van der Waals surface area contributed by atoms with Crippen molar-refractivity contribution in [1.29, 1.82) is 0 Å². The quantitative estimate of drug-likeness (QED) is 0.298. The molecule has 7 nitrogen and oxygen atoms in total. The largest absolute Gasteiger partial charge is 0.496 e.